The predicted molar refractivity (Wildman–Crippen MR) is 85.3 cm³/mol. The summed E-state index contributed by atoms with van der Waals surface area (Å²) in [5.41, 5.74) is 2.20. The van der Waals surface area contributed by atoms with Crippen LogP contribution in [0.25, 0.3) is 0 Å². The van der Waals surface area contributed by atoms with E-state index in [4.69, 9.17) is 4.74 Å². The van der Waals surface area contributed by atoms with Gasteiger partial charge in [-0.3, -0.25) is 0 Å². The molecule has 0 amide bonds. The van der Waals surface area contributed by atoms with Crippen LogP contribution in [-0.2, 0) is 0 Å². The molecule has 2 N–H and O–H groups in total. The number of hydrogen-bond acceptors (Lipinski definition) is 3. The second kappa shape index (κ2) is 7.31. The Hall–Kier alpha value is -1.52. The molecule has 0 aromatic heterocycles. The van der Waals surface area contributed by atoms with E-state index >= 15 is 0 Å². The van der Waals surface area contributed by atoms with Crippen molar-refractivity contribution in [2.45, 2.75) is 13.0 Å². The second-order valence-corrected chi connectivity index (χ2v) is 5.53. The molecule has 0 heterocycles. The van der Waals surface area contributed by atoms with E-state index in [1.54, 1.807) is 0 Å². The molecule has 4 heteroatoms. The standard InChI is InChI=1S/C16H18BrNO2/c1-12-4-2-3-5-16(12)18-10-14(19)11-20-15-8-6-13(17)7-9-15/h2-9,14,18-19H,10-11H2,1H3/t14-/m0/s1. The lowest BCUT2D eigenvalue weighted by Crippen LogP contribution is -2.26. The average molecular weight is 336 g/mol. The topological polar surface area (TPSA) is 41.5 Å². The Kier molecular flexibility index (Phi) is 5.44. The highest BCUT2D eigenvalue weighted by atomic mass is 79.9. The molecular weight excluding hydrogens is 318 g/mol. The lowest BCUT2D eigenvalue weighted by atomic mass is 10.2. The molecule has 2 aromatic carbocycles. The fraction of sp³-hybridized carbons (Fsp3) is 0.250. The summed E-state index contributed by atoms with van der Waals surface area (Å²) in [4.78, 5) is 0. The van der Waals surface area contributed by atoms with Gasteiger partial charge in [-0.2, -0.15) is 0 Å². The van der Waals surface area contributed by atoms with Gasteiger partial charge in [0.1, 0.15) is 18.5 Å². The van der Waals surface area contributed by atoms with Crippen molar-refractivity contribution in [1.82, 2.24) is 0 Å². The van der Waals surface area contributed by atoms with E-state index in [9.17, 15) is 5.11 Å². The highest BCUT2D eigenvalue weighted by molar-refractivity contribution is 9.10. The third-order valence-corrected chi connectivity index (χ3v) is 3.46. The maximum Gasteiger partial charge on any atom is 0.119 e. The van der Waals surface area contributed by atoms with Gasteiger partial charge in [0, 0.05) is 16.7 Å². The molecule has 0 saturated heterocycles. The summed E-state index contributed by atoms with van der Waals surface area (Å²) in [5, 5.41) is 13.1. The Morgan fingerprint density at radius 2 is 1.85 bits per heavy atom. The SMILES string of the molecule is Cc1ccccc1NC[C@H](O)COc1ccc(Br)cc1. The van der Waals surface area contributed by atoms with Crippen LogP contribution < -0.4 is 10.1 Å². The van der Waals surface area contributed by atoms with Crippen LogP contribution in [0.1, 0.15) is 5.56 Å². The van der Waals surface area contributed by atoms with Crippen molar-refractivity contribution in [2.75, 3.05) is 18.5 Å². The zero-order valence-corrected chi connectivity index (χ0v) is 12.9. The fourth-order valence-electron chi connectivity index (χ4n) is 1.78. The number of aryl methyl sites for hydroxylation is 1. The number of para-hydroxylation sites is 1. The van der Waals surface area contributed by atoms with Crippen molar-refractivity contribution in [1.29, 1.82) is 0 Å². The number of aliphatic hydroxyl groups excluding tert-OH is 1. The van der Waals surface area contributed by atoms with E-state index < -0.39 is 6.10 Å². The molecule has 0 radical (unpaired) electrons. The lowest BCUT2D eigenvalue weighted by Gasteiger charge is -2.15. The van der Waals surface area contributed by atoms with Crippen molar-refractivity contribution in [3.63, 3.8) is 0 Å². The van der Waals surface area contributed by atoms with E-state index in [-0.39, 0.29) is 6.61 Å². The van der Waals surface area contributed by atoms with Gasteiger partial charge in [0.05, 0.1) is 0 Å². The van der Waals surface area contributed by atoms with Gasteiger partial charge in [-0.25, -0.2) is 0 Å². The van der Waals surface area contributed by atoms with E-state index in [0.717, 1.165) is 21.5 Å². The molecule has 0 aliphatic heterocycles. The summed E-state index contributed by atoms with van der Waals surface area (Å²) >= 11 is 3.37. The Balaban J connectivity index is 1.77. The number of hydrogen-bond donors (Lipinski definition) is 2. The van der Waals surface area contributed by atoms with Crippen LogP contribution in [0.3, 0.4) is 0 Å². The molecule has 2 rings (SSSR count). The minimum absolute atomic E-state index is 0.264. The number of anilines is 1. The maximum atomic E-state index is 9.92. The molecule has 0 fully saturated rings. The van der Waals surface area contributed by atoms with Crippen molar-refractivity contribution < 1.29 is 9.84 Å². The summed E-state index contributed by atoms with van der Waals surface area (Å²) in [6.45, 7) is 2.76. The Morgan fingerprint density at radius 3 is 2.55 bits per heavy atom. The van der Waals surface area contributed by atoms with Crippen molar-refractivity contribution in [2.24, 2.45) is 0 Å². The number of halogens is 1. The minimum Gasteiger partial charge on any atom is -0.491 e. The van der Waals surface area contributed by atoms with Gasteiger partial charge < -0.3 is 15.2 Å². The molecule has 0 spiro atoms. The first-order valence-electron chi connectivity index (χ1n) is 6.51. The molecule has 20 heavy (non-hydrogen) atoms. The highest BCUT2D eigenvalue weighted by Gasteiger charge is 2.06. The van der Waals surface area contributed by atoms with E-state index in [1.165, 1.54) is 0 Å². The average Bonchev–Trinajstić information content (AvgIpc) is 2.46. The number of nitrogens with one attached hydrogen (secondary N) is 1. The first-order chi connectivity index (χ1) is 9.65. The largest absolute Gasteiger partial charge is 0.491 e. The minimum atomic E-state index is -0.557. The number of rotatable bonds is 6. The van der Waals surface area contributed by atoms with Crippen molar-refractivity contribution >= 4 is 21.6 Å². The van der Waals surface area contributed by atoms with Gasteiger partial charge in [-0.15, -0.1) is 0 Å². The Morgan fingerprint density at radius 1 is 1.15 bits per heavy atom. The maximum absolute atomic E-state index is 9.92. The number of ether oxygens (including phenoxy) is 1. The first-order valence-corrected chi connectivity index (χ1v) is 7.30. The van der Waals surface area contributed by atoms with Gasteiger partial charge in [-0.05, 0) is 42.8 Å². The summed E-state index contributed by atoms with van der Waals surface area (Å²) in [6, 6.07) is 15.6. The molecule has 2 aromatic rings. The van der Waals surface area contributed by atoms with Gasteiger partial charge >= 0.3 is 0 Å². The molecule has 3 nitrogen and oxygen atoms in total. The van der Waals surface area contributed by atoms with Gasteiger partial charge in [0.25, 0.3) is 0 Å². The molecule has 106 valence electrons. The summed E-state index contributed by atoms with van der Waals surface area (Å²) in [6.07, 6.45) is -0.557. The monoisotopic (exact) mass is 335 g/mol. The van der Waals surface area contributed by atoms with Gasteiger partial charge in [0.2, 0.25) is 0 Å². The third kappa shape index (κ3) is 4.54. The quantitative estimate of drug-likeness (QED) is 0.847. The molecule has 0 unspecified atom stereocenters. The molecule has 0 bridgehead atoms. The highest BCUT2D eigenvalue weighted by Crippen LogP contribution is 2.16. The third-order valence-electron chi connectivity index (χ3n) is 2.93. The van der Waals surface area contributed by atoms with E-state index in [2.05, 4.69) is 21.2 Å². The number of aliphatic hydroxyl groups is 1. The summed E-state index contributed by atoms with van der Waals surface area (Å²) in [5.74, 6) is 0.753. The smallest absolute Gasteiger partial charge is 0.119 e. The van der Waals surface area contributed by atoms with E-state index in [0.29, 0.717) is 6.54 Å². The van der Waals surface area contributed by atoms with Crippen LogP contribution in [0.5, 0.6) is 5.75 Å². The fourth-order valence-corrected chi connectivity index (χ4v) is 2.05. The number of benzene rings is 2. The Labute approximate surface area is 127 Å². The summed E-state index contributed by atoms with van der Waals surface area (Å²) in [7, 11) is 0. The molecule has 1 atom stereocenters. The zero-order chi connectivity index (χ0) is 14.4. The summed E-state index contributed by atoms with van der Waals surface area (Å²) < 4.78 is 6.54. The zero-order valence-electron chi connectivity index (χ0n) is 11.3. The Bertz CT molecular complexity index is 542. The second-order valence-electron chi connectivity index (χ2n) is 4.61. The van der Waals surface area contributed by atoms with Crippen LogP contribution in [0.2, 0.25) is 0 Å². The van der Waals surface area contributed by atoms with Crippen LogP contribution in [0.4, 0.5) is 5.69 Å². The predicted octanol–water partition coefficient (Wildman–Crippen LogP) is 3.61. The molecule has 0 aliphatic rings. The van der Waals surface area contributed by atoms with E-state index in [1.807, 2.05) is 55.5 Å². The van der Waals surface area contributed by atoms with Gasteiger partial charge in [0.15, 0.2) is 0 Å². The van der Waals surface area contributed by atoms with Gasteiger partial charge in [-0.1, -0.05) is 34.1 Å². The molecule has 0 aliphatic carbocycles. The van der Waals surface area contributed by atoms with Crippen LogP contribution in [0, 0.1) is 6.92 Å². The first kappa shape index (κ1) is 14.9. The molecular formula is C16H18BrNO2. The van der Waals surface area contributed by atoms with Crippen molar-refractivity contribution in [3.8, 4) is 5.75 Å². The molecule has 0 saturated carbocycles. The lowest BCUT2D eigenvalue weighted by molar-refractivity contribution is 0.117. The van der Waals surface area contributed by atoms with Crippen molar-refractivity contribution in [3.05, 3.63) is 58.6 Å². The van der Waals surface area contributed by atoms with Crippen LogP contribution in [0.15, 0.2) is 53.0 Å². The normalized spacial score (nSPS) is 11.9. The van der Waals surface area contributed by atoms with Crippen LogP contribution >= 0.6 is 15.9 Å². The van der Waals surface area contributed by atoms with Crippen LogP contribution in [-0.4, -0.2) is 24.4 Å².